The van der Waals surface area contributed by atoms with Crippen molar-refractivity contribution in [1.82, 2.24) is 4.98 Å². The molecule has 1 aromatic heterocycles. The second-order valence-electron chi connectivity index (χ2n) is 7.14. The second-order valence-corrected chi connectivity index (χ2v) is 7.14. The lowest BCUT2D eigenvalue weighted by atomic mass is 9.87. The molecule has 1 unspecified atom stereocenters. The molecule has 0 saturated carbocycles. The van der Waals surface area contributed by atoms with Gasteiger partial charge in [-0.25, -0.2) is 0 Å². The van der Waals surface area contributed by atoms with Crippen LogP contribution in [0.15, 0.2) is 29.7 Å². The summed E-state index contributed by atoms with van der Waals surface area (Å²) in [6.45, 7) is 0. The largest absolute Gasteiger partial charge is 0.460 e. The van der Waals surface area contributed by atoms with Crippen LogP contribution in [0.25, 0.3) is 0 Å². The molecule has 0 saturated heterocycles. The van der Waals surface area contributed by atoms with Gasteiger partial charge in [0, 0.05) is 24.4 Å². The van der Waals surface area contributed by atoms with Crippen molar-refractivity contribution in [2.24, 2.45) is 5.16 Å². The topological polar surface area (TPSA) is 34.5 Å². The second kappa shape index (κ2) is 8.22. The van der Waals surface area contributed by atoms with Crippen molar-refractivity contribution in [2.45, 2.75) is 60.2 Å². The van der Waals surface area contributed by atoms with Crippen LogP contribution < -0.4 is 0 Å². The first-order chi connectivity index (χ1) is 15.8. The van der Waals surface area contributed by atoms with Crippen molar-refractivity contribution < 1.29 is 79.5 Å². The summed E-state index contributed by atoms with van der Waals surface area (Å²) < 4.78 is 227. The van der Waals surface area contributed by atoms with E-state index in [4.69, 9.17) is 0 Å². The van der Waals surface area contributed by atoms with Gasteiger partial charge in [-0.05, 0) is 12.1 Å². The number of aromatic nitrogens is 1. The van der Waals surface area contributed by atoms with Crippen molar-refractivity contribution in [1.29, 1.82) is 0 Å². The maximum absolute atomic E-state index is 14.2. The maximum atomic E-state index is 14.2. The summed E-state index contributed by atoms with van der Waals surface area (Å²) in [6, 6.07) is 2.14. The van der Waals surface area contributed by atoms with Crippen LogP contribution in [0.1, 0.15) is 12.0 Å². The van der Waals surface area contributed by atoms with Gasteiger partial charge in [0.15, 0.2) is 0 Å². The van der Waals surface area contributed by atoms with E-state index >= 15 is 0 Å². The van der Waals surface area contributed by atoms with E-state index in [0.717, 1.165) is 24.5 Å². The third-order valence-electron chi connectivity index (χ3n) is 4.81. The number of alkyl halides is 17. The molecule has 0 radical (unpaired) electrons. The zero-order valence-corrected chi connectivity index (χ0v) is 16.3. The van der Waals surface area contributed by atoms with Crippen molar-refractivity contribution >= 4 is 5.71 Å². The van der Waals surface area contributed by atoms with Gasteiger partial charge in [-0.1, -0.05) is 5.16 Å². The fraction of sp³-hybridized carbons (Fsp3) is 0.625. The quantitative estimate of drug-likeness (QED) is 0.333. The van der Waals surface area contributed by atoms with Crippen molar-refractivity contribution in [3.05, 3.63) is 30.1 Å². The summed E-state index contributed by atoms with van der Waals surface area (Å²) in [5.41, 5.74) is -1.00. The number of halogens is 17. The SMILES string of the molecule is FC(F)(F)C(F)(F)C(F)(F)C(F)(F)C(F)(F)C(F)(F)C(F)(F)C(F)(F)C1CC(c2cccnc2)=NO1. The van der Waals surface area contributed by atoms with Crippen LogP contribution in [-0.2, 0) is 4.84 Å². The molecule has 2 heterocycles. The molecule has 0 N–H and O–H groups in total. The summed E-state index contributed by atoms with van der Waals surface area (Å²) >= 11 is 0. The van der Waals surface area contributed by atoms with Gasteiger partial charge in [0.2, 0.25) is 6.10 Å². The van der Waals surface area contributed by atoms with Crippen LogP contribution in [0.4, 0.5) is 74.6 Å². The normalized spacial score (nSPS) is 19.2. The van der Waals surface area contributed by atoms with Gasteiger partial charge in [-0.15, -0.1) is 0 Å². The van der Waals surface area contributed by atoms with E-state index < -0.39 is 65.9 Å². The number of nitrogens with zero attached hydrogens (tertiary/aromatic N) is 2. The monoisotopic (exact) mass is 566 g/mol. The van der Waals surface area contributed by atoms with Crippen molar-refractivity contribution in [3.63, 3.8) is 0 Å². The van der Waals surface area contributed by atoms with Crippen LogP contribution in [0.2, 0.25) is 0 Å². The maximum Gasteiger partial charge on any atom is 0.460 e. The molecule has 36 heavy (non-hydrogen) atoms. The summed E-state index contributed by atoms with van der Waals surface area (Å²) in [5.74, 6) is -56.9. The molecule has 1 aliphatic heterocycles. The Morgan fingerprint density at radius 1 is 0.639 bits per heavy atom. The summed E-state index contributed by atoms with van der Waals surface area (Å²) in [7, 11) is 0. The molecule has 1 atom stereocenters. The third kappa shape index (κ3) is 3.81. The fourth-order valence-corrected chi connectivity index (χ4v) is 2.65. The average Bonchev–Trinajstić information content (AvgIpc) is 3.23. The highest BCUT2D eigenvalue weighted by molar-refractivity contribution is 6.01. The number of oxime groups is 1. The van der Waals surface area contributed by atoms with Crippen molar-refractivity contribution in [3.8, 4) is 0 Å². The third-order valence-corrected chi connectivity index (χ3v) is 4.81. The molecule has 0 bridgehead atoms. The van der Waals surface area contributed by atoms with Gasteiger partial charge in [0.1, 0.15) is 0 Å². The van der Waals surface area contributed by atoms with Crippen LogP contribution >= 0.6 is 0 Å². The Morgan fingerprint density at radius 2 is 1.08 bits per heavy atom. The van der Waals surface area contributed by atoms with E-state index in [0.29, 0.717) is 0 Å². The number of pyridine rings is 1. The van der Waals surface area contributed by atoms with Crippen LogP contribution in [0.3, 0.4) is 0 Å². The van der Waals surface area contributed by atoms with Crippen LogP contribution in [-0.4, -0.2) is 64.4 Å². The van der Waals surface area contributed by atoms with Gasteiger partial charge in [0.05, 0.1) is 5.71 Å². The van der Waals surface area contributed by atoms with Gasteiger partial charge < -0.3 is 4.84 Å². The Bertz CT molecular complexity index is 986. The molecule has 0 fully saturated rings. The molecule has 0 spiro atoms. The van der Waals surface area contributed by atoms with Crippen LogP contribution in [0.5, 0.6) is 0 Å². The Labute approximate surface area is 186 Å². The van der Waals surface area contributed by atoms with Gasteiger partial charge in [0.25, 0.3) is 0 Å². The molecule has 206 valence electrons. The van der Waals surface area contributed by atoms with E-state index in [9.17, 15) is 74.6 Å². The van der Waals surface area contributed by atoms with E-state index in [-0.39, 0.29) is 5.56 Å². The first-order valence-electron chi connectivity index (χ1n) is 8.67. The minimum Gasteiger partial charge on any atom is -0.385 e. The first kappa shape index (κ1) is 29.7. The van der Waals surface area contributed by atoms with Crippen LogP contribution in [0, 0.1) is 0 Å². The van der Waals surface area contributed by atoms with Gasteiger partial charge in [-0.2, -0.15) is 74.6 Å². The van der Waals surface area contributed by atoms with Gasteiger partial charge >= 0.3 is 47.6 Å². The lowest BCUT2D eigenvalue weighted by Crippen LogP contribution is -2.75. The fourth-order valence-electron chi connectivity index (χ4n) is 2.65. The van der Waals surface area contributed by atoms with E-state index in [1.165, 1.54) is 0 Å². The summed E-state index contributed by atoms with van der Waals surface area (Å²) in [6.07, 6.45) is -11.1. The molecule has 0 aliphatic carbocycles. The lowest BCUT2D eigenvalue weighted by Gasteiger charge is -2.43. The molecule has 3 nitrogen and oxygen atoms in total. The average molecular weight is 566 g/mol. The Morgan fingerprint density at radius 3 is 1.50 bits per heavy atom. The highest BCUT2D eigenvalue weighted by Crippen LogP contribution is 2.64. The minimum atomic E-state index is -8.67. The Balaban J connectivity index is 2.49. The zero-order valence-electron chi connectivity index (χ0n) is 16.3. The molecule has 0 amide bonds. The number of hydrogen-bond donors (Lipinski definition) is 0. The molecule has 20 heteroatoms. The Kier molecular flexibility index (Phi) is 6.77. The highest BCUT2D eigenvalue weighted by atomic mass is 19.4. The predicted octanol–water partition coefficient (Wildman–Crippen LogP) is 6.58. The predicted molar refractivity (Wildman–Crippen MR) is 80.9 cm³/mol. The smallest absolute Gasteiger partial charge is 0.385 e. The molecule has 2 rings (SSSR count). The standard InChI is InChI=1S/C16H7F17N2O/c17-9(18,8-4-7(35-36-8)6-2-1-3-34-5-6)10(19,20)11(21,22)12(23,24)13(25,26)14(27,28)15(29,30)16(31,32)33/h1-3,5,8H,4H2. The van der Waals surface area contributed by atoms with E-state index in [1.54, 1.807) is 0 Å². The highest BCUT2D eigenvalue weighted by Gasteiger charge is 2.95. The summed E-state index contributed by atoms with van der Waals surface area (Å²) in [5, 5.41) is 2.80. The lowest BCUT2D eigenvalue weighted by molar-refractivity contribution is -0.464. The number of rotatable bonds is 8. The minimum absolute atomic E-state index is 0.267. The van der Waals surface area contributed by atoms with Crippen molar-refractivity contribution in [2.75, 3.05) is 0 Å². The van der Waals surface area contributed by atoms with Gasteiger partial charge in [-0.3, -0.25) is 4.98 Å². The summed E-state index contributed by atoms with van der Waals surface area (Å²) in [4.78, 5) is 7.22. The Hall–Kier alpha value is -2.57. The molecular formula is C16H7F17N2O. The van der Waals surface area contributed by atoms with E-state index in [2.05, 4.69) is 15.0 Å². The zero-order chi connectivity index (χ0) is 28.4. The number of hydrogen-bond acceptors (Lipinski definition) is 3. The first-order valence-corrected chi connectivity index (χ1v) is 8.67. The molecule has 0 aromatic carbocycles. The molecule has 1 aliphatic rings. The molecular weight excluding hydrogens is 559 g/mol. The van der Waals surface area contributed by atoms with E-state index in [1.807, 2.05) is 0 Å². The molecule has 1 aromatic rings.